The number of H-pyrrole nitrogens is 1. The lowest BCUT2D eigenvalue weighted by molar-refractivity contribution is 0.301. The fourth-order valence-corrected chi connectivity index (χ4v) is 3.92. The van der Waals surface area contributed by atoms with Gasteiger partial charge in [0.1, 0.15) is 24.0 Å². The van der Waals surface area contributed by atoms with Gasteiger partial charge in [0.05, 0.1) is 11.5 Å². The second-order valence-electron chi connectivity index (χ2n) is 7.05. The van der Waals surface area contributed by atoms with E-state index in [4.69, 9.17) is 15.2 Å². The maximum Gasteiger partial charge on any atom is 0.244 e. The summed E-state index contributed by atoms with van der Waals surface area (Å²) in [7, 11) is 0. The van der Waals surface area contributed by atoms with Crippen molar-refractivity contribution in [2.75, 3.05) is 0 Å². The van der Waals surface area contributed by atoms with E-state index >= 15 is 0 Å². The zero-order chi connectivity index (χ0) is 21.1. The summed E-state index contributed by atoms with van der Waals surface area (Å²) in [6.07, 6.45) is 1.73. The van der Waals surface area contributed by atoms with Crippen LogP contribution in [0.2, 0.25) is 0 Å². The first-order valence-corrected chi connectivity index (χ1v) is 10.5. The Hall–Kier alpha value is -3.24. The third-order valence-corrected chi connectivity index (χ3v) is 5.58. The van der Waals surface area contributed by atoms with Crippen molar-refractivity contribution < 1.29 is 9.47 Å². The molecule has 1 aliphatic rings. The van der Waals surface area contributed by atoms with Gasteiger partial charge in [-0.25, -0.2) is 0 Å². The first-order valence-electron chi connectivity index (χ1n) is 9.73. The maximum absolute atomic E-state index is 9.86. The molecule has 0 bridgehead atoms. The van der Waals surface area contributed by atoms with Gasteiger partial charge in [-0.15, -0.1) is 5.10 Å². The molecule has 0 amide bonds. The quantitative estimate of drug-likeness (QED) is 0.539. The molecular formula is C23H21BrN4O2. The topological polar surface area (TPSA) is 97.0 Å². The van der Waals surface area contributed by atoms with E-state index in [9.17, 15) is 5.26 Å². The Labute approximate surface area is 183 Å². The van der Waals surface area contributed by atoms with E-state index in [0.717, 1.165) is 39.7 Å². The molecule has 1 unspecified atom stereocenters. The van der Waals surface area contributed by atoms with Crippen LogP contribution < -0.4 is 15.2 Å². The lowest BCUT2D eigenvalue weighted by Gasteiger charge is -2.25. The Kier molecular flexibility index (Phi) is 5.77. The maximum atomic E-state index is 9.86. The molecule has 152 valence electrons. The van der Waals surface area contributed by atoms with Crippen LogP contribution in [0.25, 0.3) is 0 Å². The summed E-state index contributed by atoms with van der Waals surface area (Å²) in [4.78, 5) is 0. The molecule has 0 spiro atoms. The van der Waals surface area contributed by atoms with E-state index in [0.29, 0.717) is 23.8 Å². The van der Waals surface area contributed by atoms with Crippen LogP contribution in [0.3, 0.4) is 0 Å². The Bertz CT molecular complexity index is 1130. The number of aromatic amines is 1. The molecule has 7 heteroatoms. The van der Waals surface area contributed by atoms with E-state index in [1.807, 2.05) is 48.5 Å². The van der Waals surface area contributed by atoms with Gasteiger partial charge < -0.3 is 15.2 Å². The van der Waals surface area contributed by atoms with E-state index < -0.39 is 5.92 Å². The predicted molar refractivity (Wildman–Crippen MR) is 117 cm³/mol. The van der Waals surface area contributed by atoms with Gasteiger partial charge in [-0.2, -0.15) is 5.26 Å². The SMILES string of the molecule is CCCc1[nH]nc2c1C(c1ccccc1OCc1ccc(Br)cc1)C(C#N)=C(N)O2. The monoisotopic (exact) mass is 464 g/mol. The first kappa shape index (κ1) is 20.0. The zero-order valence-corrected chi connectivity index (χ0v) is 18.1. The second-order valence-corrected chi connectivity index (χ2v) is 7.96. The van der Waals surface area contributed by atoms with Gasteiger partial charge >= 0.3 is 0 Å². The van der Waals surface area contributed by atoms with Crippen molar-refractivity contribution in [3.63, 3.8) is 0 Å². The number of nitrogens with one attached hydrogen (secondary N) is 1. The van der Waals surface area contributed by atoms with Gasteiger partial charge in [-0.3, -0.25) is 5.10 Å². The average Bonchev–Trinajstić information content (AvgIpc) is 3.15. The standard InChI is InChI=1S/C23H21BrN4O2/c1-2-5-18-21-20(17(12-25)22(26)30-23(21)28-27-18)16-6-3-4-7-19(16)29-13-14-8-10-15(24)11-9-14/h3-4,6-11,20H,2,5,13,26H2,1H3,(H,27,28). The average molecular weight is 465 g/mol. The van der Waals surface area contributed by atoms with Crippen molar-refractivity contribution in [2.45, 2.75) is 32.3 Å². The number of aromatic nitrogens is 2. The van der Waals surface area contributed by atoms with E-state index in [1.54, 1.807) is 0 Å². The molecule has 0 fully saturated rings. The molecule has 3 N–H and O–H groups in total. The van der Waals surface area contributed by atoms with Crippen LogP contribution in [0.15, 0.2) is 64.5 Å². The molecule has 0 radical (unpaired) electrons. The molecule has 0 saturated carbocycles. The molecular weight excluding hydrogens is 444 g/mol. The smallest absolute Gasteiger partial charge is 0.244 e. The highest BCUT2D eigenvalue weighted by atomic mass is 79.9. The molecule has 6 nitrogen and oxygen atoms in total. The number of fused-ring (bicyclic) bond motifs is 1. The molecule has 4 rings (SSSR count). The number of rotatable bonds is 6. The van der Waals surface area contributed by atoms with Crippen LogP contribution in [-0.4, -0.2) is 10.2 Å². The Morgan fingerprint density at radius 2 is 2.00 bits per heavy atom. The summed E-state index contributed by atoms with van der Waals surface area (Å²) in [6, 6.07) is 17.9. The van der Waals surface area contributed by atoms with Gasteiger partial charge in [-0.05, 0) is 30.2 Å². The molecule has 3 aromatic rings. The highest BCUT2D eigenvalue weighted by molar-refractivity contribution is 9.10. The Morgan fingerprint density at radius 1 is 1.23 bits per heavy atom. The van der Waals surface area contributed by atoms with Crippen molar-refractivity contribution >= 4 is 15.9 Å². The number of ether oxygens (including phenoxy) is 2. The summed E-state index contributed by atoms with van der Waals surface area (Å²) in [6.45, 7) is 2.51. The summed E-state index contributed by atoms with van der Waals surface area (Å²) in [5, 5.41) is 17.2. The van der Waals surface area contributed by atoms with Crippen molar-refractivity contribution in [2.24, 2.45) is 5.73 Å². The number of halogens is 1. The van der Waals surface area contributed by atoms with Gasteiger partial charge in [0.25, 0.3) is 0 Å². The van der Waals surface area contributed by atoms with E-state index in [-0.39, 0.29) is 5.88 Å². The van der Waals surface area contributed by atoms with Crippen molar-refractivity contribution in [3.8, 4) is 17.7 Å². The number of nitrogens with zero attached hydrogens (tertiary/aromatic N) is 2. The molecule has 1 atom stereocenters. The number of benzene rings is 2. The van der Waals surface area contributed by atoms with Crippen LogP contribution in [0, 0.1) is 11.3 Å². The van der Waals surface area contributed by atoms with Gasteiger partial charge in [0.2, 0.25) is 11.8 Å². The largest absolute Gasteiger partial charge is 0.489 e. The van der Waals surface area contributed by atoms with Crippen molar-refractivity contribution in [1.82, 2.24) is 10.2 Å². The van der Waals surface area contributed by atoms with E-state index in [1.165, 1.54) is 0 Å². The van der Waals surface area contributed by atoms with Crippen LogP contribution in [0.4, 0.5) is 0 Å². The minimum absolute atomic E-state index is 0.0762. The molecule has 1 aromatic heterocycles. The summed E-state index contributed by atoms with van der Waals surface area (Å²) >= 11 is 3.45. The zero-order valence-electron chi connectivity index (χ0n) is 16.5. The Balaban J connectivity index is 1.75. The number of para-hydroxylation sites is 1. The highest BCUT2D eigenvalue weighted by Crippen LogP contribution is 2.45. The fourth-order valence-electron chi connectivity index (χ4n) is 3.65. The minimum atomic E-state index is -0.403. The van der Waals surface area contributed by atoms with E-state index in [2.05, 4.69) is 39.1 Å². The second kappa shape index (κ2) is 8.64. The molecule has 0 aliphatic carbocycles. The number of nitriles is 1. The highest BCUT2D eigenvalue weighted by Gasteiger charge is 2.36. The van der Waals surface area contributed by atoms with Gasteiger partial charge in [0, 0.05) is 15.7 Å². The Morgan fingerprint density at radius 3 is 2.73 bits per heavy atom. The minimum Gasteiger partial charge on any atom is -0.489 e. The predicted octanol–water partition coefficient (Wildman–Crippen LogP) is 4.92. The van der Waals surface area contributed by atoms with Crippen LogP contribution in [0.5, 0.6) is 11.6 Å². The van der Waals surface area contributed by atoms with Crippen LogP contribution in [0.1, 0.15) is 41.6 Å². The first-order chi connectivity index (χ1) is 14.6. The number of allylic oxidation sites excluding steroid dienone is 1. The summed E-state index contributed by atoms with van der Waals surface area (Å²) in [5.74, 6) is 0.789. The number of nitrogens with two attached hydrogens (primary N) is 1. The third-order valence-electron chi connectivity index (χ3n) is 5.06. The molecule has 30 heavy (non-hydrogen) atoms. The van der Waals surface area contributed by atoms with Gasteiger partial charge in [-0.1, -0.05) is 59.6 Å². The molecule has 1 aliphatic heterocycles. The molecule has 2 heterocycles. The summed E-state index contributed by atoms with van der Waals surface area (Å²) in [5.41, 5.74) is 10.1. The molecule has 2 aromatic carbocycles. The van der Waals surface area contributed by atoms with Gasteiger partial charge in [0.15, 0.2) is 0 Å². The van der Waals surface area contributed by atoms with Crippen LogP contribution in [-0.2, 0) is 13.0 Å². The molecule has 0 saturated heterocycles. The number of hydrogen-bond acceptors (Lipinski definition) is 5. The lowest BCUT2D eigenvalue weighted by Crippen LogP contribution is -2.21. The summed E-state index contributed by atoms with van der Waals surface area (Å²) < 4.78 is 12.8. The normalized spacial score (nSPS) is 15.3. The van der Waals surface area contributed by atoms with Crippen LogP contribution >= 0.6 is 15.9 Å². The number of aryl methyl sites for hydroxylation is 1. The number of hydrogen-bond donors (Lipinski definition) is 2. The fraction of sp³-hybridized carbons (Fsp3) is 0.217. The van der Waals surface area contributed by atoms with Crippen molar-refractivity contribution in [1.29, 1.82) is 5.26 Å². The third kappa shape index (κ3) is 3.79. The van der Waals surface area contributed by atoms with Crippen molar-refractivity contribution in [3.05, 3.63) is 86.8 Å². The lowest BCUT2D eigenvalue weighted by atomic mass is 9.83.